The van der Waals surface area contributed by atoms with E-state index < -0.39 is 80.3 Å². The molecule has 5 N–H and O–H groups in total. The number of rotatable bonds is 4. The monoisotopic (exact) mass is 704 g/mol. The zero-order valence-electron chi connectivity index (χ0n) is 30.3. The fraction of sp³-hybridized carbons (Fsp3) is 0.419. The molecule has 6 atom stereocenters. The van der Waals surface area contributed by atoms with Crippen LogP contribution in [0.5, 0.6) is 11.5 Å². The summed E-state index contributed by atoms with van der Waals surface area (Å²) < 4.78 is 5.94. The van der Waals surface area contributed by atoms with Crippen LogP contribution in [-0.4, -0.2) is 61.2 Å². The molecule has 9 nitrogen and oxygen atoms in total. The van der Waals surface area contributed by atoms with E-state index in [2.05, 4.69) is 6.07 Å². The summed E-state index contributed by atoms with van der Waals surface area (Å²) in [5, 5.41) is 61.6. The van der Waals surface area contributed by atoms with Gasteiger partial charge in [-0.1, -0.05) is 65.0 Å². The minimum absolute atomic E-state index is 0.0932. The number of phenols is 1. The molecule has 270 valence electrons. The average molecular weight is 705 g/mol. The van der Waals surface area contributed by atoms with E-state index in [1.165, 1.54) is 12.5 Å². The van der Waals surface area contributed by atoms with Gasteiger partial charge in [0.15, 0.2) is 17.2 Å². The number of aromatic hydroxyl groups is 1. The van der Waals surface area contributed by atoms with Crippen LogP contribution in [0.4, 0.5) is 0 Å². The van der Waals surface area contributed by atoms with Crippen molar-refractivity contribution >= 4 is 17.3 Å². The number of carbonyl (C=O) groups excluding carboxylic acids is 3. The van der Waals surface area contributed by atoms with Crippen LogP contribution in [0.15, 0.2) is 65.1 Å². The highest BCUT2D eigenvalue weighted by Crippen LogP contribution is 2.68. The van der Waals surface area contributed by atoms with E-state index in [-0.39, 0.29) is 11.3 Å². The molecule has 0 aromatic heterocycles. The smallest absolute Gasteiger partial charge is 0.209 e. The van der Waals surface area contributed by atoms with Gasteiger partial charge < -0.3 is 30.3 Å². The summed E-state index contributed by atoms with van der Waals surface area (Å²) in [6.07, 6.45) is 1.70. The van der Waals surface area contributed by atoms with Gasteiger partial charge in [0, 0.05) is 28.7 Å². The molecule has 0 saturated heterocycles. The van der Waals surface area contributed by atoms with Crippen molar-refractivity contribution < 1.29 is 44.7 Å². The topological polar surface area (TPSA) is 162 Å². The Kier molecular flexibility index (Phi) is 7.36. The predicted octanol–water partition coefficient (Wildman–Crippen LogP) is 6.64. The van der Waals surface area contributed by atoms with E-state index in [1.54, 1.807) is 27.7 Å². The van der Waals surface area contributed by atoms with Crippen molar-refractivity contribution in [3.8, 4) is 33.8 Å². The van der Waals surface area contributed by atoms with Crippen LogP contribution in [0.25, 0.3) is 22.3 Å². The Morgan fingerprint density at radius 1 is 0.942 bits per heavy atom. The molecule has 0 bridgehead atoms. The Hall–Kier alpha value is -4.73. The van der Waals surface area contributed by atoms with Crippen LogP contribution in [0, 0.1) is 22.7 Å². The van der Waals surface area contributed by atoms with Gasteiger partial charge in [0.25, 0.3) is 0 Å². The number of hydrogen-bond donors (Lipinski definition) is 5. The summed E-state index contributed by atoms with van der Waals surface area (Å²) >= 11 is 0. The SMILES string of the molecule is CC(=O)C1=C(O)C(C(C)C)[C@@]2(C)[C@H](O)[C@]3(C)C(=C(O)[C@@]2(O)C1=O)C(=O)c1c(O)c(-c2cccc4c2CCC4)cc(-c2ccc4c(c2)OCC4)c1[C@H]3C. The highest BCUT2D eigenvalue weighted by atomic mass is 16.5. The Morgan fingerprint density at radius 2 is 1.67 bits per heavy atom. The minimum Gasteiger partial charge on any atom is -0.511 e. The fourth-order valence-electron chi connectivity index (χ4n) is 10.7. The molecule has 0 radical (unpaired) electrons. The zero-order valence-corrected chi connectivity index (χ0v) is 30.3. The molecule has 8 rings (SSSR count). The second-order valence-corrected chi connectivity index (χ2v) is 16.1. The van der Waals surface area contributed by atoms with Crippen LogP contribution < -0.4 is 4.74 Å². The summed E-state index contributed by atoms with van der Waals surface area (Å²) in [6, 6.07) is 13.7. The molecular formula is C43H44O9. The van der Waals surface area contributed by atoms with Crippen molar-refractivity contribution in [3.05, 3.63) is 92.9 Å². The van der Waals surface area contributed by atoms with Gasteiger partial charge in [-0.3, -0.25) is 14.4 Å². The van der Waals surface area contributed by atoms with Gasteiger partial charge in [-0.15, -0.1) is 0 Å². The van der Waals surface area contributed by atoms with Gasteiger partial charge in [0.1, 0.15) is 28.6 Å². The van der Waals surface area contributed by atoms with Gasteiger partial charge in [-0.05, 0) is 89.1 Å². The molecule has 3 aromatic rings. The molecule has 0 amide bonds. The number of fused-ring (bicyclic) bond motifs is 5. The van der Waals surface area contributed by atoms with Crippen LogP contribution in [0.2, 0.25) is 0 Å². The van der Waals surface area contributed by atoms with Crippen LogP contribution >= 0.6 is 0 Å². The van der Waals surface area contributed by atoms with Gasteiger partial charge in [0.2, 0.25) is 5.78 Å². The van der Waals surface area contributed by atoms with Crippen molar-refractivity contribution in [3.63, 3.8) is 0 Å². The normalized spacial score (nSPS) is 30.5. The molecule has 52 heavy (non-hydrogen) atoms. The van der Waals surface area contributed by atoms with E-state index in [0.717, 1.165) is 60.6 Å². The van der Waals surface area contributed by atoms with Crippen molar-refractivity contribution in [1.29, 1.82) is 0 Å². The van der Waals surface area contributed by atoms with E-state index in [1.807, 2.05) is 36.4 Å². The first kappa shape index (κ1) is 34.4. The average Bonchev–Trinajstić information content (AvgIpc) is 3.78. The first-order chi connectivity index (χ1) is 24.5. The maximum absolute atomic E-state index is 15.2. The molecule has 4 aliphatic carbocycles. The summed E-state index contributed by atoms with van der Waals surface area (Å²) in [4.78, 5) is 42.3. The molecule has 0 fully saturated rings. The molecule has 5 aliphatic rings. The quantitative estimate of drug-likeness (QED) is 0.188. The van der Waals surface area contributed by atoms with E-state index in [0.29, 0.717) is 23.3 Å². The van der Waals surface area contributed by atoms with Crippen LogP contribution in [0.3, 0.4) is 0 Å². The Bertz CT molecular complexity index is 2220. The highest BCUT2D eigenvalue weighted by molar-refractivity contribution is 6.25. The first-order valence-corrected chi connectivity index (χ1v) is 18.2. The highest BCUT2D eigenvalue weighted by Gasteiger charge is 2.76. The molecule has 3 aromatic carbocycles. The summed E-state index contributed by atoms with van der Waals surface area (Å²) in [6.45, 7) is 9.92. The molecule has 1 heterocycles. The number of ketones is 3. The van der Waals surface area contributed by atoms with Gasteiger partial charge in [-0.2, -0.15) is 0 Å². The number of benzene rings is 3. The maximum Gasteiger partial charge on any atom is 0.209 e. The summed E-state index contributed by atoms with van der Waals surface area (Å²) in [5.74, 6) is -6.58. The minimum atomic E-state index is -2.95. The Balaban J connectivity index is 1.47. The molecule has 1 aliphatic heterocycles. The van der Waals surface area contributed by atoms with Gasteiger partial charge >= 0.3 is 0 Å². The van der Waals surface area contributed by atoms with Crippen molar-refractivity contribution in [1.82, 2.24) is 0 Å². The lowest BCUT2D eigenvalue weighted by molar-refractivity contribution is -0.211. The Labute approximate surface area is 302 Å². The number of aryl methyl sites for hydroxylation is 1. The number of Topliss-reactive ketones (excluding diaryl/α,β-unsaturated/α-hetero) is 3. The molecule has 0 spiro atoms. The van der Waals surface area contributed by atoms with Crippen molar-refractivity contribution in [2.24, 2.45) is 22.7 Å². The Morgan fingerprint density at radius 3 is 2.37 bits per heavy atom. The van der Waals surface area contributed by atoms with Gasteiger partial charge in [0.05, 0.1) is 23.8 Å². The standard InChI is InChI=1S/C43H44O9/c1-19(2)33-36(46)31(21(4)44)38(48)43(51)39(49)34-37(47)32-30(20(3)41(34,5)40(50)42(33,43)6)27(24-14-13-23-15-16-52-29(23)17-24)18-28(35(32)45)26-12-8-10-22-9-7-11-25(22)26/h8,10,12-14,17-20,33,40,45-46,49-51H,7,9,11,15-16H2,1-6H3/t20-,33?,40-,41+,42+,43+/m1/s1. The third-order valence-electron chi connectivity index (χ3n) is 13.4. The van der Waals surface area contributed by atoms with Crippen molar-refractivity contribution in [2.75, 3.05) is 6.61 Å². The van der Waals surface area contributed by atoms with E-state index >= 15 is 4.79 Å². The molecule has 0 saturated carbocycles. The summed E-state index contributed by atoms with van der Waals surface area (Å²) in [5.41, 5.74) is -1.46. The third kappa shape index (κ3) is 3.98. The lowest BCUT2D eigenvalue weighted by Crippen LogP contribution is -2.73. The lowest BCUT2D eigenvalue weighted by Gasteiger charge is -2.63. The lowest BCUT2D eigenvalue weighted by atomic mass is 9.41. The third-order valence-corrected chi connectivity index (χ3v) is 13.4. The van der Waals surface area contributed by atoms with Crippen LogP contribution in [-0.2, 0) is 28.9 Å². The number of ether oxygens (including phenoxy) is 1. The van der Waals surface area contributed by atoms with Crippen LogP contribution in [0.1, 0.15) is 86.5 Å². The number of hydrogen-bond acceptors (Lipinski definition) is 9. The number of phenolic OH excluding ortho intramolecular Hbond substituents is 1. The fourth-order valence-corrected chi connectivity index (χ4v) is 10.7. The maximum atomic E-state index is 15.2. The van der Waals surface area contributed by atoms with Gasteiger partial charge in [-0.25, -0.2) is 0 Å². The number of carbonyl (C=O) groups is 3. The number of allylic oxidation sites excluding steroid dienone is 1. The molecule has 9 heteroatoms. The molecular weight excluding hydrogens is 660 g/mol. The summed E-state index contributed by atoms with van der Waals surface area (Å²) in [7, 11) is 0. The second-order valence-electron chi connectivity index (χ2n) is 16.1. The first-order valence-electron chi connectivity index (χ1n) is 18.2. The zero-order chi connectivity index (χ0) is 37.4. The molecule has 1 unspecified atom stereocenters. The van der Waals surface area contributed by atoms with Crippen molar-refractivity contribution in [2.45, 2.75) is 84.8 Å². The number of aliphatic hydroxyl groups excluding tert-OH is 3. The second kappa shape index (κ2) is 11.1. The van der Waals surface area contributed by atoms with E-state index in [9.17, 15) is 35.1 Å². The van der Waals surface area contributed by atoms with E-state index in [4.69, 9.17) is 4.74 Å². The largest absolute Gasteiger partial charge is 0.511 e. The number of aliphatic hydroxyl groups is 4. The predicted molar refractivity (Wildman–Crippen MR) is 193 cm³/mol.